The maximum absolute atomic E-state index is 12.8. The second-order valence-electron chi connectivity index (χ2n) is 6.38. The highest BCUT2D eigenvalue weighted by atomic mass is 16.2. The van der Waals surface area contributed by atoms with Gasteiger partial charge in [0.1, 0.15) is 0 Å². The van der Waals surface area contributed by atoms with Crippen molar-refractivity contribution in [2.75, 3.05) is 13.1 Å². The molecular formula is C17H19N5O2. The number of carbonyl (C=O) groups is 2. The van der Waals surface area contributed by atoms with Gasteiger partial charge in [-0.3, -0.25) is 19.7 Å². The first-order valence-corrected chi connectivity index (χ1v) is 8.18. The van der Waals surface area contributed by atoms with Crippen LogP contribution in [0.5, 0.6) is 0 Å². The Morgan fingerprint density at radius 1 is 1.38 bits per heavy atom. The Balaban J connectivity index is 1.40. The minimum atomic E-state index is -0.255. The molecule has 0 spiro atoms. The molecule has 0 aromatic carbocycles. The van der Waals surface area contributed by atoms with Crippen LogP contribution >= 0.6 is 0 Å². The van der Waals surface area contributed by atoms with Crippen molar-refractivity contribution in [3.8, 4) is 0 Å². The molecule has 1 fully saturated rings. The molecular weight excluding hydrogens is 306 g/mol. The number of nitrogens with zero attached hydrogens (tertiary/aromatic N) is 4. The first-order valence-electron chi connectivity index (χ1n) is 8.18. The molecule has 0 radical (unpaired) electrons. The van der Waals surface area contributed by atoms with E-state index in [1.54, 1.807) is 17.3 Å². The summed E-state index contributed by atoms with van der Waals surface area (Å²) in [5, 5.41) is 7.00. The van der Waals surface area contributed by atoms with E-state index >= 15 is 0 Å². The van der Waals surface area contributed by atoms with Crippen molar-refractivity contribution in [3.05, 3.63) is 47.5 Å². The molecule has 4 rings (SSSR count). The van der Waals surface area contributed by atoms with Crippen molar-refractivity contribution >= 4 is 11.8 Å². The number of aromatic nitrogens is 3. The van der Waals surface area contributed by atoms with Gasteiger partial charge in [-0.1, -0.05) is 6.07 Å². The molecule has 2 aromatic heterocycles. The third-order valence-corrected chi connectivity index (χ3v) is 4.75. The van der Waals surface area contributed by atoms with Crippen molar-refractivity contribution in [1.82, 2.24) is 25.0 Å². The fraction of sp³-hybridized carbons (Fsp3) is 0.412. The van der Waals surface area contributed by atoms with Crippen LogP contribution in [-0.2, 0) is 29.1 Å². The third kappa shape index (κ3) is 2.77. The molecule has 2 aliphatic rings. The Kier molecular flexibility index (Phi) is 3.76. The molecule has 124 valence electrons. The lowest BCUT2D eigenvalue weighted by Crippen LogP contribution is -2.40. The zero-order chi connectivity index (χ0) is 16.5. The summed E-state index contributed by atoms with van der Waals surface area (Å²) in [5.74, 6) is -0.159. The lowest BCUT2D eigenvalue weighted by molar-refractivity contribution is -0.136. The van der Waals surface area contributed by atoms with Crippen molar-refractivity contribution in [2.24, 2.45) is 5.92 Å². The van der Waals surface area contributed by atoms with Gasteiger partial charge in [0.2, 0.25) is 11.8 Å². The Labute approximate surface area is 139 Å². The molecule has 1 atom stereocenters. The molecule has 2 amide bonds. The fourth-order valence-electron chi connectivity index (χ4n) is 3.45. The SMILES string of the molecule is O=C1C[C@H](C(=O)N2CCc3[nH]ncc3C2)CN1Cc1ccccn1. The Morgan fingerprint density at radius 3 is 3.12 bits per heavy atom. The molecule has 7 heteroatoms. The van der Waals surface area contributed by atoms with Crippen LogP contribution in [0.25, 0.3) is 0 Å². The predicted molar refractivity (Wildman–Crippen MR) is 85.5 cm³/mol. The standard InChI is InChI=1S/C17H19N5O2/c23-16-7-12(9-22(16)11-14-3-1-2-5-18-14)17(24)21-6-4-15-13(10-21)8-19-20-15/h1-3,5,8,12H,4,6-7,9-11H2,(H,19,20)/t12-/m0/s1. The van der Waals surface area contributed by atoms with Crippen LogP contribution < -0.4 is 0 Å². The number of hydrogen-bond donors (Lipinski definition) is 1. The van der Waals surface area contributed by atoms with Crippen LogP contribution in [0.1, 0.15) is 23.4 Å². The van der Waals surface area contributed by atoms with E-state index in [2.05, 4.69) is 15.2 Å². The minimum absolute atomic E-state index is 0.0278. The van der Waals surface area contributed by atoms with Gasteiger partial charge in [-0.2, -0.15) is 5.10 Å². The van der Waals surface area contributed by atoms with Crippen LogP contribution in [0.3, 0.4) is 0 Å². The Bertz CT molecular complexity index is 757. The third-order valence-electron chi connectivity index (χ3n) is 4.75. The van der Waals surface area contributed by atoms with Crippen LogP contribution in [-0.4, -0.2) is 49.9 Å². The fourth-order valence-corrected chi connectivity index (χ4v) is 3.45. The van der Waals surface area contributed by atoms with E-state index in [0.717, 1.165) is 23.4 Å². The molecule has 0 unspecified atom stereocenters. The number of pyridine rings is 1. The number of amides is 2. The molecule has 2 aliphatic heterocycles. The summed E-state index contributed by atoms with van der Waals surface area (Å²) >= 11 is 0. The molecule has 1 saturated heterocycles. The molecule has 0 bridgehead atoms. The van der Waals surface area contributed by atoms with Crippen LogP contribution in [0.2, 0.25) is 0 Å². The number of aromatic amines is 1. The van der Waals surface area contributed by atoms with Gasteiger partial charge in [-0.25, -0.2) is 0 Å². The largest absolute Gasteiger partial charge is 0.338 e. The molecule has 0 aliphatic carbocycles. The summed E-state index contributed by atoms with van der Waals surface area (Å²) in [5.41, 5.74) is 3.03. The summed E-state index contributed by atoms with van der Waals surface area (Å²) in [7, 11) is 0. The number of nitrogens with one attached hydrogen (secondary N) is 1. The zero-order valence-corrected chi connectivity index (χ0v) is 13.3. The van der Waals surface area contributed by atoms with Crippen LogP contribution in [0, 0.1) is 5.92 Å². The van der Waals surface area contributed by atoms with Crippen LogP contribution in [0.4, 0.5) is 0 Å². The number of likely N-dealkylation sites (tertiary alicyclic amines) is 1. The molecule has 1 N–H and O–H groups in total. The summed E-state index contributed by atoms with van der Waals surface area (Å²) in [6.07, 6.45) is 4.58. The first-order chi connectivity index (χ1) is 11.7. The van der Waals surface area contributed by atoms with Gasteiger partial charge in [-0.05, 0) is 12.1 Å². The maximum Gasteiger partial charge on any atom is 0.228 e. The van der Waals surface area contributed by atoms with E-state index in [4.69, 9.17) is 0 Å². The summed E-state index contributed by atoms with van der Waals surface area (Å²) in [4.78, 5) is 32.9. The van der Waals surface area contributed by atoms with Crippen molar-refractivity contribution in [2.45, 2.75) is 25.9 Å². The van der Waals surface area contributed by atoms with Gasteiger partial charge in [-0.15, -0.1) is 0 Å². The first kappa shape index (κ1) is 14.9. The second kappa shape index (κ2) is 6.07. The molecule has 2 aromatic rings. The summed E-state index contributed by atoms with van der Waals surface area (Å²) in [6.45, 7) is 2.20. The number of hydrogen-bond acceptors (Lipinski definition) is 4. The Morgan fingerprint density at radius 2 is 2.29 bits per heavy atom. The van der Waals surface area contributed by atoms with Gasteiger partial charge in [0, 0.05) is 49.9 Å². The lowest BCUT2D eigenvalue weighted by Gasteiger charge is -2.28. The molecule has 0 saturated carbocycles. The van der Waals surface area contributed by atoms with Crippen molar-refractivity contribution < 1.29 is 9.59 Å². The van der Waals surface area contributed by atoms with Gasteiger partial charge in [0.05, 0.1) is 24.4 Å². The van der Waals surface area contributed by atoms with Gasteiger partial charge in [0.25, 0.3) is 0 Å². The zero-order valence-electron chi connectivity index (χ0n) is 13.3. The predicted octanol–water partition coefficient (Wildman–Crippen LogP) is 0.738. The van der Waals surface area contributed by atoms with E-state index in [0.29, 0.717) is 32.6 Å². The summed E-state index contributed by atoms with van der Waals surface area (Å²) in [6, 6.07) is 5.65. The molecule has 4 heterocycles. The van der Waals surface area contributed by atoms with E-state index in [1.807, 2.05) is 23.1 Å². The highest BCUT2D eigenvalue weighted by Crippen LogP contribution is 2.24. The van der Waals surface area contributed by atoms with Gasteiger partial charge < -0.3 is 9.80 Å². The van der Waals surface area contributed by atoms with E-state index in [1.165, 1.54) is 0 Å². The highest BCUT2D eigenvalue weighted by Gasteiger charge is 2.37. The smallest absolute Gasteiger partial charge is 0.228 e. The van der Waals surface area contributed by atoms with E-state index in [-0.39, 0.29) is 17.7 Å². The van der Waals surface area contributed by atoms with Gasteiger partial charge in [0.15, 0.2) is 0 Å². The normalized spacial score (nSPS) is 20.3. The average Bonchev–Trinajstić information content (AvgIpc) is 3.21. The summed E-state index contributed by atoms with van der Waals surface area (Å²) < 4.78 is 0. The van der Waals surface area contributed by atoms with Crippen molar-refractivity contribution in [3.63, 3.8) is 0 Å². The number of carbonyl (C=O) groups excluding carboxylic acids is 2. The molecule has 7 nitrogen and oxygen atoms in total. The lowest BCUT2D eigenvalue weighted by atomic mass is 10.0. The highest BCUT2D eigenvalue weighted by molar-refractivity contribution is 5.89. The van der Waals surface area contributed by atoms with Gasteiger partial charge >= 0.3 is 0 Å². The Hall–Kier alpha value is -2.70. The quantitative estimate of drug-likeness (QED) is 0.902. The number of fused-ring (bicyclic) bond motifs is 1. The van der Waals surface area contributed by atoms with Crippen molar-refractivity contribution in [1.29, 1.82) is 0 Å². The van der Waals surface area contributed by atoms with E-state index in [9.17, 15) is 9.59 Å². The van der Waals surface area contributed by atoms with E-state index < -0.39 is 0 Å². The topological polar surface area (TPSA) is 82.2 Å². The number of H-pyrrole nitrogens is 1. The average molecular weight is 325 g/mol. The second-order valence-corrected chi connectivity index (χ2v) is 6.38. The maximum atomic E-state index is 12.8. The molecule has 24 heavy (non-hydrogen) atoms. The minimum Gasteiger partial charge on any atom is -0.338 e. The number of rotatable bonds is 3. The van der Waals surface area contributed by atoms with Crippen LogP contribution in [0.15, 0.2) is 30.6 Å². The monoisotopic (exact) mass is 325 g/mol.